The highest BCUT2D eigenvalue weighted by Crippen LogP contribution is 2.34. The third kappa shape index (κ3) is 3.74. The minimum atomic E-state index is 0.227. The van der Waals surface area contributed by atoms with Crippen molar-refractivity contribution in [3.05, 3.63) is 72.1 Å². The predicted octanol–water partition coefficient (Wildman–Crippen LogP) is 4.88. The quantitative estimate of drug-likeness (QED) is 0.368. The van der Waals surface area contributed by atoms with Crippen LogP contribution in [0.2, 0.25) is 0 Å². The Hall–Kier alpha value is -3.38. The van der Waals surface area contributed by atoms with Crippen LogP contribution < -0.4 is 15.6 Å². The first kappa shape index (κ1) is 19.9. The molecule has 0 aliphatic carbocycles. The number of anilines is 1. The first-order valence-corrected chi connectivity index (χ1v) is 10.1. The Labute approximate surface area is 176 Å². The smallest absolute Gasteiger partial charge is 0.155 e. The molecule has 0 unspecified atom stereocenters. The van der Waals surface area contributed by atoms with Crippen molar-refractivity contribution < 1.29 is 4.74 Å². The first-order valence-electron chi connectivity index (χ1n) is 10.1. The summed E-state index contributed by atoms with van der Waals surface area (Å²) < 4.78 is 7.53. The van der Waals surface area contributed by atoms with E-state index in [1.54, 1.807) is 18.4 Å². The minimum absolute atomic E-state index is 0.227. The van der Waals surface area contributed by atoms with Crippen molar-refractivity contribution in [2.75, 3.05) is 12.1 Å². The van der Waals surface area contributed by atoms with Gasteiger partial charge in [-0.25, -0.2) is 15.8 Å². The maximum atomic E-state index is 6.47. The van der Waals surface area contributed by atoms with Gasteiger partial charge in [-0.3, -0.25) is 5.01 Å². The maximum Gasteiger partial charge on any atom is 0.155 e. The molecule has 2 aromatic carbocycles. The van der Waals surface area contributed by atoms with E-state index in [0.717, 1.165) is 39.4 Å². The molecule has 6 nitrogen and oxygen atoms in total. The van der Waals surface area contributed by atoms with E-state index in [9.17, 15) is 0 Å². The van der Waals surface area contributed by atoms with Crippen molar-refractivity contribution in [3.63, 3.8) is 0 Å². The molecule has 0 amide bonds. The fourth-order valence-corrected chi connectivity index (χ4v) is 3.84. The van der Waals surface area contributed by atoms with Gasteiger partial charge >= 0.3 is 0 Å². The molecule has 0 fully saturated rings. The number of rotatable bonds is 6. The number of hydrogen-bond acceptors (Lipinski definition) is 5. The van der Waals surface area contributed by atoms with Crippen LogP contribution in [-0.2, 0) is 6.54 Å². The van der Waals surface area contributed by atoms with Crippen LogP contribution in [0.5, 0.6) is 5.75 Å². The summed E-state index contributed by atoms with van der Waals surface area (Å²) in [6.45, 7) is 6.96. The van der Waals surface area contributed by atoms with Crippen molar-refractivity contribution >= 4 is 16.9 Å². The molecule has 0 aliphatic heterocycles. The van der Waals surface area contributed by atoms with E-state index in [4.69, 9.17) is 10.6 Å². The van der Waals surface area contributed by atoms with Gasteiger partial charge in [0.15, 0.2) is 5.82 Å². The molecule has 2 heterocycles. The van der Waals surface area contributed by atoms with E-state index in [1.807, 2.05) is 18.2 Å². The van der Waals surface area contributed by atoms with Crippen molar-refractivity contribution in [2.45, 2.75) is 33.4 Å². The lowest BCUT2D eigenvalue weighted by atomic mass is 10.1. The molecule has 4 aromatic rings. The molecule has 0 saturated carbocycles. The van der Waals surface area contributed by atoms with E-state index in [0.29, 0.717) is 6.54 Å². The molecule has 2 aromatic heterocycles. The Kier molecular flexibility index (Phi) is 5.42. The topological polar surface area (TPSA) is 69.2 Å². The number of methoxy groups -OCH3 is 1. The fourth-order valence-electron chi connectivity index (χ4n) is 3.84. The van der Waals surface area contributed by atoms with Crippen molar-refractivity contribution in [1.29, 1.82) is 0 Å². The summed E-state index contributed by atoms with van der Waals surface area (Å²) in [4.78, 5) is 9.11. The lowest BCUT2D eigenvalue weighted by molar-refractivity contribution is 0.415. The number of nitrogens with two attached hydrogens (primary N) is 1. The largest absolute Gasteiger partial charge is 0.497 e. The zero-order chi connectivity index (χ0) is 21.3. The standard InChI is InChI=1S/C24H27N5O/c1-16(2)29-22(19-8-10-20(30-4)11-9-19)13-21-23(26-15-27-24(21)29)28(25)14-18-7-5-6-17(3)12-18/h5-13,15-16H,14,25H2,1-4H3. The molecule has 30 heavy (non-hydrogen) atoms. The monoisotopic (exact) mass is 401 g/mol. The average Bonchev–Trinajstić information content (AvgIpc) is 3.13. The highest BCUT2D eigenvalue weighted by atomic mass is 16.5. The number of nitrogens with zero attached hydrogens (tertiary/aromatic N) is 4. The summed E-state index contributed by atoms with van der Waals surface area (Å²) in [5.41, 5.74) is 5.40. The third-order valence-corrected chi connectivity index (χ3v) is 5.22. The van der Waals surface area contributed by atoms with E-state index >= 15 is 0 Å². The van der Waals surface area contributed by atoms with Crippen molar-refractivity contribution in [3.8, 4) is 17.0 Å². The second kappa shape index (κ2) is 8.16. The molecule has 4 rings (SSSR count). The van der Waals surface area contributed by atoms with Gasteiger partial charge in [0.1, 0.15) is 17.7 Å². The maximum absolute atomic E-state index is 6.47. The zero-order valence-electron chi connectivity index (χ0n) is 17.8. The second-order valence-electron chi connectivity index (χ2n) is 7.77. The van der Waals surface area contributed by atoms with E-state index in [2.05, 4.69) is 71.7 Å². The molecular weight excluding hydrogens is 374 g/mol. The number of aryl methyl sites for hydroxylation is 1. The Morgan fingerprint density at radius 2 is 1.83 bits per heavy atom. The third-order valence-electron chi connectivity index (χ3n) is 5.22. The van der Waals surface area contributed by atoms with Gasteiger partial charge in [-0.05, 0) is 62.2 Å². The summed E-state index contributed by atoms with van der Waals surface area (Å²) in [7, 11) is 1.67. The number of benzene rings is 2. The van der Waals surface area contributed by atoms with Crippen LogP contribution in [0, 0.1) is 6.92 Å². The molecule has 6 heteroatoms. The van der Waals surface area contributed by atoms with Gasteiger partial charge in [0.25, 0.3) is 0 Å². The van der Waals surface area contributed by atoms with Gasteiger partial charge in [0.05, 0.1) is 24.7 Å². The fraction of sp³-hybridized carbons (Fsp3) is 0.250. The molecule has 2 N–H and O–H groups in total. The highest BCUT2D eigenvalue weighted by Gasteiger charge is 2.19. The molecule has 0 atom stereocenters. The van der Waals surface area contributed by atoms with E-state index < -0.39 is 0 Å². The Balaban J connectivity index is 1.80. The molecule has 0 radical (unpaired) electrons. The second-order valence-corrected chi connectivity index (χ2v) is 7.77. The van der Waals surface area contributed by atoms with Crippen molar-refractivity contribution in [1.82, 2.24) is 14.5 Å². The Bertz CT molecular complexity index is 1160. The van der Waals surface area contributed by atoms with Gasteiger partial charge in [-0.2, -0.15) is 0 Å². The number of hydrogen-bond donors (Lipinski definition) is 1. The molecule has 0 aliphatic rings. The highest BCUT2D eigenvalue weighted by molar-refractivity contribution is 5.92. The van der Waals surface area contributed by atoms with Crippen LogP contribution in [0.15, 0.2) is 60.9 Å². The Morgan fingerprint density at radius 3 is 2.50 bits per heavy atom. The predicted molar refractivity (Wildman–Crippen MR) is 121 cm³/mol. The van der Waals surface area contributed by atoms with E-state index in [-0.39, 0.29) is 6.04 Å². The van der Waals surface area contributed by atoms with Crippen LogP contribution in [0.1, 0.15) is 31.0 Å². The molecule has 154 valence electrons. The minimum Gasteiger partial charge on any atom is -0.497 e. The van der Waals surface area contributed by atoms with Gasteiger partial charge in [-0.1, -0.05) is 29.8 Å². The van der Waals surface area contributed by atoms with E-state index in [1.165, 1.54) is 5.56 Å². The molecule has 0 bridgehead atoms. The molecular formula is C24H27N5O. The van der Waals surface area contributed by atoms with Gasteiger partial charge in [-0.15, -0.1) is 0 Å². The van der Waals surface area contributed by atoms with Crippen LogP contribution in [0.3, 0.4) is 0 Å². The van der Waals surface area contributed by atoms with Crippen LogP contribution >= 0.6 is 0 Å². The van der Waals surface area contributed by atoms with Crippen LogP contribution in [0.4, 0.5) is 5.82 Å². The van der Waals surface area contributed by atoms with Gasteiger partial charge in [0, 0.05) is 6.04 Å². The zero-order valence-corrected chi connectivity index (χ0v) is 17.8. The number of hydrazine groups is 1. The number of aromatic nitrogens is 3. The SMILES string of the molecule is COc1ccc(-c2cc3c(N(N)Cc4cccc(C)c4)ncnc3n2C(C)C)cc1. The summed E-state index contributed by atoms with van der Waals surface area (Å²) in [6.07, 6.45) is 1.59. The first-order chi connectivity index (χ1) is 14.5. The number of fused-ring (bicyclic) bond motifs is 1. The summed E-state index contributed by atoms with van der Waals surface area (Å²) in [5.74, 6) is 8.02. The summed E-state index contributed by atoms with van der Waals surface area (Å²) in [5, 5.41) is 2.63. The van der Waals surface area contributed by atoms with Crippen LogP contribution in [-0.4, -0.2) is 21.6 Å². The van der Waals surface area contributed by atoms with Crippen LogP contribution in [0.25, 0.3) is 22.3 Å². The normalized spacial score (nSPS) is 11.3. The number of ether oxygens (including phenoxy) is 1. The van der Waals surface area contributed by atoms with Gasteiger partial charge in [0.2, 0.25) is 0 Å². The lowest BCUT2D eigenvalue weighted by Crippen LogP contribution is -2.31. The molecule has 0 saturated heterocycles. The molecule has 0 spiro atoms. The van der Waals surface area contributed by atoms with Crippen molar-refractivity contribution in [2.24, 2.45) is 5.84 Å². The Morgan fingerprint density at radius 1 is 1.07 bits per heavy atom. The van der Waals surface area contributed by atoms with Gasteiger partial charge < -0.3 is 9.30 Å². The summed E-state index contributed by atoms with van der Waals surface area (Å²) in [6, 6.07) is 18.8. The average molecular weight is 402 g/mol. The summed E-state index contributed by atoms with van der Waals surface area (Å²) >= 11 is 0. The lowest BCUT2D eigenvalue weighted by Gasteiger charge is -2.19.